The van der Waals surface area contributed by atoms with Crippen molar-refractivity contribution in [1.82, 2.24) is 5.32 Å². The van der Waals surface area contributed by atoms with Gasteiger partial charge in [0.15, 0.2) is 0 Å². The molecule has 110 valence electrons. The van der Waals surface area contributed by atoms with Crippen molar-refractivity contribution in [2.75, 3.05) is 18.5 Å². The maximum absolute atomic E-state index is 11.9. The van der Waals surface area contributed by atoms with Crippen molar-refractivity contribution < 1.29 is 9.53 Å². The predicted molar refractivity (Wildman–Crippen MR) is 80.7 cm³/mol. The lowest BCUT2D eigenvalue weighted by Gasteiger charge is -2.11. The average molecular weight is 276 g/mol. The summed E-state index contributed by atoms with van der Waals surface area (Å²) >= 11 is 0. The summed E-state index contributed by atoms with van der Waals surface area (Å²) in [6.07, 6.45) is 3.74. The Morgan fingerprint density at radius 2 is 2.35 bits per heavy atom. The van der Waals surface area contributed by atoms with Crippen LogP contribution < -0.4 is 10.6 Å². The zero-order valence-corrected chi connectivity index (χ0v) is 12.2. The van der Waals surface area contributed by atoms with E-state index in [4.69, 9.17) is 4.74 Å². The van der Waals surface area contributed by atoms with E-state index in [0.29, 0.717) is 6.42 Å². The standard InChI is InChI=1S/C16H24N2O2/c1-2-8-17-12-13-5-3-6-14(10-13)18-16(19)11-15-7-4-9-20-15/h3,5-6,10,15,17H,2,4,7-9,11-12H2,1H3,(H,18,19). The van der Waals surface area contributed by atoms with Crippen molar-refractivity contribution in [2.24, 2.45) is 0 Å². The van der Waals surface area contributed by atoms with Crippen LogP contribution >= 0.6 is 0 Å². The molecule has 20 heavy (non-hydrogen) atoms. The quantitative estimate of drug-likeness (QED) is 0.753. The molecule has 1 atom stereocenters. The van der Waals surface area contributed by atoms with Gasteiger partial charge in [0.25, 0.3) is 0 Å². The highest BCUT2D eigenvalue weighted by Crippen LogP contribution is 2.17. The topological polar surface area (TPSA) is 50.4 Å². The normalized spacial score (nSPS) is 18.1. The molecule has 0 aliphatic carbocycles. The first kappa shape index (κ1) is 15.0. The van der Waals surface area contributed by atoms with Crippen LogP contribution in [0, 0.1) is 0 Å². The minimum Gasteiger partial charge on any atom is -0.378 e. The van der Waals surface area contributed by atoms with Gasteiger partial charge >= 0.3 is 0 Å². The molecule has 0 aromatic heterocycles. The van der Waals surface area contributed by atoms with Gasteiger partial charge in [-0.05, 0) is 43.5 Å². The lowest BCUT2D eigenvalue weighted by molar-refractivity contribution is -0.118. The summed E-state index contributed by atoms with van der Waals surface area (Å²) in [4.78, 5) is 11.9. The molecule has 1 unspecified atom stereocenters. The molecule has 2 rings (SSSR count). The number of rotatable bonds is 7. The Bertz CT molecular complexity index is 428. The van der Waals surface area contributed by atoms with Crippen LogP contribution in [0.1, 0.15) is 38.2 Å². The molecule has 1 heterocycles. The van der Waals surface area contributed by atoms with Crippen molar-refractivity contribution in [2.45, 2.75) is 45.3 Å². The minimum atomic E-state index is 0.0376. The van der Waals surface area contributed by atoms with E-state index in [2.05, 4.69) is 23.6 Å². The molecular formula is C16H24N2O2. The Hall–Kier alpha value is -1.39. The van der Waals surface area contributed by atoms with E-state index in [-0.39, 0.29) is 12.0 Å². The molecule has 1 aromatic carbocycles. The number of carbonyl (C=O) groups is 1. The third-order valence-electron chi connectivity index (χ3n) is 3.40. The fourth-order valence-corrected chi connectivity index (χ4v) is 2.39. The van der Waals surface area contributed by atoms with Gasteiger partial charge in [-0.2, -0.15) is 0 Å². The second-order valence-electron chi connectivity index (χ2n) is 5.26. The van der Waals surface area contributed by atoms with E-state index in [1.165, 1.54) is 5.56 Å². The number of carbonyl (C=O) groups excluding carboxylic acids is 1. The third kappa shape index (κ3) is 4.94. The fourth-order valence-electron chi connectivity index (χ4n) is 2.39. The number of amides is 1. The summed E-state index contributed by atoms with van der Waals surface area (Å²) in [6.45, 7) is 4.78. The minimum absolute atomic E-state index is 0.0376. The van der Waals surface area contributed by atoms with Crippen molar-refractivity contribution in [1.29, 1.82) is 0 Å². The van der Waals surface area contributed by atoms with Gasteiger partial charge in [0.1, 0.15) is 0 Å². The lowest BCUT2D eigenvalue weighted by atomic mass is 10.1. The van der Waals surface area contributed by atoms with E-state index in [1.807, 2.05) is 18.2 Å². The Labute approximate surface area is 120 Å². The largest absolute Gasteiger partial charge is 0.378 e. The first-order chi connectivity index (χ1) is 9.78. The van der Waals surface area contributed by atoms with Gasteiger partial charge < -0.3 is 15.4 Å². The molecule has 1 fully saturated rings. The van der Waals surface area contributed by atoms with Gasteiger partial charge in [-0.25, -0.2) is 0 Å². The highest BCUT2D eigenvalue weighted by Gasteiger charge is 2.18. The molecule has 1 saturated heterocycles. The summed E-state index contributed by atoms with van der Waals surface area (Å²) in [5.74, 6) is 0.0376. The maximum atomic E-state index is 11.9. The number of nitrogens with one attached hydrogen (secondary N) is 2. The summed E-state index contributed by atoms with van der Waals surface area (Å²) < 4.78 is 5.48. The first-order valence-corrected chi connectivity index (χ1v) is 7.49. The highest BCUT2D eigenvalue weighted by molar-refractivity contribution is 5.91. The molecule has 1 aliphatic rings. The summed E-state index contributed by atoms with van der Waals surface area (Å²) in [6, 6.07) is 8.00. The molecule has 4 heteroatoms. The molecule has 0 radical (unpaired) electrons. The SMILES string of the molecule is CCCNCc1cccc(NC(=O)CC2CCCO2)c1. The molecular weight excluding hydrogens is 252 g/mol. The van der Waals surface area contributed by atoms with Gasteiger partial charge in [0, 0.05) is 18.8 Å². The van der Waals surface area contributed by atoms with Crippen LogP contribution in [-0.2, 0) is 16.1 Å². The van der Waals surface area contributed by atoms with Crippen molar-refractivity contribution in [3.8, 4) is 0 Å². The number of benzene rings is 1. The fraction of sp³-hybridized carbons (Fsp3) is 0.562. The molecule has 1 amide bonds. The third-order valence-corrected chi connectivity index (χ3v) is 3.40. The Morgan fingerprint density at radius 3 is 3.10 bits per heavy atom. The average Bonchev–Trinajstić information content (AvgIpc) is 2.92. The number of hydrogen-bond donors (Lipinski definition) is 2. The Morgan fingerprint density at radius 1 is 1.45 bits per heavy atom. The van der Waals surface area contributed by atoms with Gasteiger partial charge in [0.2, 0.25) is 5.91 Å². The molecule has 0 spiro atoms. The molecule has 0 bridgehead atoms. The smallest absolute Gasteiger partial charge is 0.226 e. The molecule has 1 aliphatic heterocycles. The van der Waals surface area contributed by atoms with Gasteiger partial charge in [-0.1, -0.05) is 19.1 Å². The van der Waals surface area contributed by atoms with E-state index >= 15 is 0 Å². The van der Waals surface area contributed by atoms with Crippen LogP contribution in [0.3, 0.4) is 0 Å². The molecule has 4 nitrogen and oxygen atoms in total. The van der Waals surface area contributed by atoms with Gasteiger partial charge in [0.05, 0.1) is 12.5 Å². The van der Waals surface area contributed by atoms with Crippen LogP contribution in [0.15, 0.2) is 24.3 Å². The predicted octanol–water partition coefficient (Wildman–Crippen LogP) is 2.69. The van der Waals surface area contributed by atoms with E-state index in [1.54, 1.807) is 0 Å². The molecule has 1 aromatic rings. The summed E-state index contributed by atoms with van der Waals surface area (Å²) in [5.41, 5.74) is 2.05. The summed E-state index contributed by atoms with van der Waals surface area (Å²) in [7, 11) is 0. The van der Waals surface area contributed by atoms with Crippen molar-refractivity contribution in [3.05, 3.63) is 29.8 Å². The van der Waals surface area contributed by atoms with Crippen LogP contribution in [-0.4, -0.2) is 25.2 Å². The maximum Gasteiger partial charge on any atom is 0.226 e. The van der Waals surface area contributed by atoms with E-state index in [0.717, 1.165) is 44.6 Å². The van der Waals surface area contributed by atoms with Crippen LogP contribution in [0.5, 0.6) is 0 Å². The summed E-state index contributed by atoms with van der Waals surface area (Å²) in [5, 5.41) is 6.31. The van der Waals surface area contributed by atoms with Crippen molar-refractivity contribution >= 4 is 11.6 Å². The second kappa shape index (κ2) is 8.02. The van der Waals surface area contributed by atoms with Crippen molar-refractivity contribution in [3.63, 3.8) is 0 Å². The molecule has 0 saturated carbocycles. The van der Waals surface area contributed by atoms with Crippen LogP contribution in [0.2, 0.25) is 0 Å². The number of anilines is 1. The lowest BCUT2D eigenvalue weighted by Crippen LogP contribution is -2.19. The zero-order valence-electron chi connectivity index (χ0n) is 12.2. The highest BCUT2D eigenvalue weighted by atomic mass is 16.5. The number of hydrogen-bond acceptors (Lipinski definition) is 3. The van der Waals surface area contributed by atoms with Crippen LogP contribution in [0.4, 0.5) is 5.69 Å². The van der Waals surface area contributed by atoms with E-state index < -0.39 is 0 Å². The molecule has 2 N–H and O–H groups in total. The van der Waals surface area contributed by atoms with Gasteiger partial charge in [-0.3, -0.25) is 4.79 Å². The van der Waals surface area contributed by atoms with E-state index in [9.17, 15) is 4.79 Å². The van der Waals surface area contributed by atoms with Gasteiger partial charge in [-0.15, -0.1) is 0 Å². The van der Waals surface area contributed by atoms with Crippen LogP contribution in [0.25, 0.3) is 0 Å². The zero-order chi connectivity index (χ0) is 14.2. The second-order valence-corrected chi connectivity index (χ2v) is 5.26. The first-order valence-electron chi connectivity index (χ1n) is 7.49. The Kier molecular flexibility index (Phi) is 6.02. The number of ether oxygens (including phenoxy) is 1. The Balaban J connectivity index is 1.81. The monoisotopic (exact) mass is 276 g/mol.